The molecule has 0 heterocycles. The van der Waals surface area contributed by atoms with Crippen molar-refractivity contribution in [1.82, 2.24) is 0 Å². The van der Waals surface area contributed by atoms with Crippen LogP contribution in [0.4, 0.5) is 15.8 Å². The van der Waals surface area contributed by atoms with Gasteiger partial charge in [-0.25, -0.2) is 0 Å². The van der Waals surface area contributed by atoms with Gasteiger partial charge in [0.25, 0.3) is 5.91 Å². The Bertz CT molecular complexity index is 643. The van der Waals surface area contributed by atoms with Crippen LogP contribution in [-0.4, -0.2) is 22.9 Å². The van der Waals surface area contributed by atoms with E-state index in [9.17, 15) is 24.1 Å². The van der Waals surface area contributed by atoms with Gasteiger partial charge < -0.3 is 10.1 Å². The van der Waals surface area contributed by atoms with Gasteiger partial charge in [-0.2, -0.15) is 4.39 Å². The summed E-state index contributed by atoms with van der Waals surface area (Å²) in [6.07, 6.45) is 3.53. The highest BCUT2D eigenvalue weighted by Crippen LogP contribution is 2.25. The van der Waals surface area contributed by atoms with Gasteiger partial charge in [0.2, 0.25) is 5.82 Å². The molecule has 1 aromatic carbocycles. The Kier molecular flexibility index (Phi) is 5.83. The Morgan fingerprint density at radius 1 is 1.33 bits per heavy atom. The third-order valence-electron chi connectivity index (χ3n) is 4.01. The zero-order valence-electron chi connectivity index (χ0n) is 13.3. The van der Waals surface area contributed by atoms with Gasteiger partial charge in [-0.1, -0.05) is 19.3 Å². The number of anilines is 1. The molecule has 1 N–H and O–H groups in total. The number of esters is 1. The highest BCUT2D eigenvalue weighted by atomic mass is 19.1. The van der Waals surface area contributed by atoms with Gasteiger partial charge in [0.1, 0.15) is 0 Å². The number of nitro benzene ring substituents is 1. The average Bonchev–Trinajstić information content (AvgIpc) is 2.57. The first-order valence-corrected chi connectivity index (χ1v) is 7.84. The Morgan fingerprint density at radius 2 is 2.00 bits per heavy atom. The van der Waals surface area contributed by atoms with Gasteiger partial charge in [-0.3, -0.25) is 19.7 Å². The van der Waals surface area contributed by atoms with Crippen molar-refractivity contribution in [3.63, 3.8) is 0 Å². The number of carbonyl (C=O) groups excluding carboxylic acids is 2. The molecule has 1 aliphatic carbocycles. The summed E-state index contributed by atoms with van der Waals surface area (Å²) in [5.74, 6) is -2.20. The lowest BCUT2D eigenvalue weighted by molar-refractivity contribution is -0.387. The molecule has 1 saturated carbocycles. The quantitative estimate of drug-likeness (QED) is 0.505. The molecule has 0 bridgehead atoms. The molecule has 0 aromatic heterocycles. The topological polar surface area (TPSA) is 98.5 Å². The van der Waals surface area contributed by atoms with Gasteiger partial charge >= 0.3 is 11.7 Å². The van der Waals surface area contributed by atoms with Crippen LogP contribution in [0.2, 0.25) is 0 Å². The van der Waals surface area contributed by atoms with Crippen molar-refractivity contribution >= 4 is 23.3 Å². The first-order valence-electron chi connectivity index (χ1n) is 7.84. The van der Waals surface area contributed by atoms with Gasteiger partial charge in [0.05, 0.1) is 10.8 Å². The molecule has 24 heavy (non-hydrogen) atoms. The molecular formula is C16H19FN2O5. The number of ether oxygens (including phenoxy) is 1. The lowest BCUT2D eigenvalue weighted by Gasteiger charge is -2.22. The molecule has 1 fully saturated rings. The second kappa shape index (κ2) is 7.85. The van der Waals surface area contributed by atoms with Crippen molar-refractivity contribution in [2.75, 3.05) is 5.32 Å². The van der Waals surface area contributed by atoms with E-state index in [4.69, 9.17) is 4.74 Å². The average molecular weight is 338 g/mol. The Labute approximate surface area is 138 Å². The van der Waals surface area contributed by atoms with Crippen LogP contribution in [0.5, 0.6) is 0 Å². The Morgan fingerprint density at radius 3 is 2.62 bits per heavy atom. The number of carbonyl (C=O) groups is 2. The number of halogens is 1. The second-order valence-electron chi connectivity index (χ2n) is 5.83. The van der Waals surface area contributed by atoms with Crippen molar-refractivity contribution in [3.05, 3.63) is 34.1 Å². The van der Waals surface area contributed by atoms with Gasteiger partial charge in [-0.15, -0.1) is 0 Å². The number of nitrogens with zero attached hydrogens (tertiary/aromatic N) is 1. The van der Waals surface area contributed by atoms with E-state index in [-0.39, 0.29) is 11.6 Å². The van der Waals surface area contributed by atoms with Crippen LogP contribution in [0, 0.1) is 21.8 Å². The number of hydrogen-bond acceptors (Lipinski definition) is 5. The Hall–Kier alpha value is -2.51. The minimum atomic E-state index is -1.04. The maximum Gasteiger partial charge on any atom is 0.309 e. The lowest BCUT2D eigenvalue weighted by atomic mass is 9.89. The van der Waals surface area contributed by atoms with E-state index in [2.05, 4.69) is 5.32 Å². The summed E-state index contributed by atoms with van der Waals surface area (Å²) in [4.78, 5) is 33.9. The molecule has 1 unspecified atom stereocenters. The Balaban J connectivity index is 1.95. The van der Waals surface area contributed by atoms with Crippen molar-refractivity contribution in [3.8, 4) is 0 Å². The SMILES string of the molecule is CC(OC(=O)C1CCCCC1)C(=O)Nc1ccc(F)c([N+](=O)[O-])c1. The summed E-state index contributed by atoms with van der Waals surface area (Å²) in [5.41, 5.74) is -0.673. The third-order valence-corrected chi connectivity index (χ3v) is 4.01. The maximum atomic E-state index is 13.3. The van der Waals surface area contributed by atoms with E-state index in [1.54, 1.807) is 0 Å². The number of rotatable bonds is 5. The van der Waals surface area contributed by atoms with E-state index in [1.165, 1.54) is 13.0 Å². The predicted octanol–water partition coefficient (Wildman–Crippen LogP) is 3.18. The first-order chi connectivity index (χ1) is 11.4. The molecule has 1 aromatic rings. The number of hydrogen-bond donors (Lipinski definition) is 1. The molecule has 1 atom stereocenters. The van der Waals surface area contributed by atoms with Crippen molar-refractivity contribution in [1.29, 1.82) is 0 Å². The fourth-order valence-electron chi connectivity index (χ4n) is 2.64. The van der Waals surface area contributed by atoms with Crippen LogP contribution in [0.3, 0.4) is 0 Å². The van der Waals surface area contributed by atoms with E-state index in [1.807, 2.05) is 0 Å². The molecule has 8 heteroatoms. The molecule has 130 valence electrons. The molecule has 2 rings (SSSR count). The third kappa shape index (κ3) is 4.50. The van der Waals surface area contributed by atoms with Crippen molar-refractivity contribution in [2.45, 2.75) is 45.1 Å². The van der Waals surface area contributed by atoms with Gasteiger partial charge in [0, 0.05) is 11.8 Å². The highest BCUT2D eigenvalue weighted by molar-refractivity contribution is 5.95. The monoisotopic (exact) mass is 338 g/mol. The minimum Gasteiger partial charge on any atom is -0.452 e. The molecule has 1 aliphatic rings. The zero-order chi connectivity index (χ0) is 17.7. The van der Waals surface area contributed by atoms with Gasteiger partial charge in [-0.05, 0) is 31.9 Å². The standard InChI is InChI=1S/C16H19FN2O5/c1-10(24-16(21)11-5-3-2-4-6-11)15(20)18-12-7-8-13(17)14(9-12)19(22)23/h7-11H,2-6H2,1H3,(H,18,20). The molecule has 1 amide bonds. The predicted molar refractivity (Wildman–Crippen MR) is 83.8 cm³/mol. The van der Waals surface area contributed by atoms with Gasteiger partial charge in [0.15, 0.2) is 6.10 Å². The molecule has 0 radical (unpaired) electrons. The molecule has 0 saturated heterocycles. The number of nitrogens with one attached hydrogen (secondary N) is 1. The fourth-order valence-corrected chi connectivity index (χ4v) is 2.64. The first kappa shape index (κ1) is 17.8. The number of amides is 1. The van der Waals surface area contributed by atoms with Crippen LogP contribution in [0.15, 0.2) is 18.2 Å². The normalized spacial score (nSPS) is 16.2. The molecule has 0 aliphatic heterocycles. The lowest BCUT2D eigenvalue weighted by Crippen LogP contribution is -2.32. The van der Waals surface area contributed by atoms with E-state index in [0.717, 1.165) is 44.2 Å². The van der Waals surface area contributed by atoms with Crippen LogP contribution in [0.25, 0.3) is 0 Å². The van der Waals surface area contributed by atoms with Crippen molar-refractivity contribution in [2.24, 2.45) is 5.92 Å². The van der Waals surface area contributed by atoms with E-state index < -0.39 is 34.4 Å². The summed E-state index contributed by atoms with van der Waals surface area (Å²) in [5, 5.41) is 13.1. The zero-order valence-corrected chi connectivity index (χ0v) is 13.3. The maximum absolute atomic E-state index is 13.3. The number of nitro groups is 1. The molecular weight excluding hydrogens is 319 g/mol. The number of benzene rings is 1. The molecule has 0 spiro atoms. The fraction of sp³-hybridized carbons (Fsp3) is 0.500. The summed E-state index contributed by atoms with van der Waals surface area (Å²) >= 11 is 0. The summed E-state index contributed by atoms with van der Waals surface area (Å²) in [7, 11) is 0. The highest BCUT2D eigenvalue weighted by Gasteiger charge is 2.26. The van der Waals surface area contributed by atoms with E-state index >= 15 is 0 Å². The largest absolute Gasteiger partial charge is 0.452 e. The second-order valence-corrected chi connectivity index (χ2v) is 5.83. The minimum absolute atomic E-state index is 0.0636. The van der Waals surface area contributed by atoms with E-state index in [0.29, 0.717) is 0 Å². The smallest absolute Gasteiger partial charge is 0.309 e. The molecule has 7 nitrogen and oxygen atoms in total. The van der Waals surface area contributed by atoms with Crippen LogP contribution in [-0.2, 0) is 14.3 Å². The van der Waals surface area contributed by atoms with Crippen LogP contribution in [0.1, 0.15) is 39.0 Å². The van der Waals surface area contributed by atoms with Crippen LogP contribution >= 0.6 is 0 Å². The van der Waals surface area contributed by atoms with Crippen LogP contribution < -0.4 is 5.32 Å². The summed E-state index contributed by atoms with van der Waals surface area (Å²) < 4.78 is 18.4. The summed E-state index contributed by atoms with van der Waals surface area (Å²) in [6.45, 7) is 1.42. The summed E-state index contributed by atoms with van der Waals surface area (Å²) in [6, 6.07) is 3.02. The van der Waals surface area contributed by atoms with Crippen molar-refractivity contribution < 1.29 is 23.6 Å².